The fourth-order valence-electron chi connectivity index (χ4n) is 2.37. The van der Waals surface area contributed by atoms with E-state index in [1.54, 1.807) is 18.4 Å². The standard InChI is InChI=1S/C15H19N3OS2/c1-11-16-18(15(20)21-11)10-17(13-5-6-13)9-12-3-7-14(19-2)8-4-12/h3-4,7-8,13H,5-6,9-10H2,1-2H3. The molecule has 2 aromatic rings. The molecule has 0 N–H and O–H groups in total. The fourth-order valence-corrected chi connectivity index (χ4v) is 3.43. The van der Waals surface area contributed by atoms with Gasteiger partial charge in [0.05, 0.1) is 13.8 Å². The molecule has 4 nitrogen and oxygen atoms in total. The van der Waals surface area contributed by atoms with Crippen molar-refractivity contribution in [3.8, 4) is 5.75 Å². The highest BCUT2D eigenvalue weighted by molar-refractivity contribution is 7.73. The van der Waals surface area contributed by atoms with Gasteiger partial charge in [-0.05, 0) is 49.7 Å². The maximum absolute atomic E-state index is 5.37. The van der Waals surface area contributed by atoms with E-state index in [0.29, 0.717) is 6.04 Å². The Balaban J connectivity index is 1.72. The topological polar surface area (TPSA) is 30.3 Å². The van der Waals surface area contributed by atoms with Gasteiger partial charge in [-0.2, -0.15) is 5.10 Å². The summed E-state index contributed by atoms with van der Waals surface area (Å²) in [6.07, 6.45) is 2.54. The average molecular weight is 321 g/mol. The summed E-state index contributed by atoms with van der Waals surface area (Å²) in [6, 6.07) is 8.94. The number of aryl methyl sites for hydroxylation is 1. The number of nitrogens with zero attached hydrogens (tertiary/aromatic N) is 3. The summed E-state index contributed by atoms with van der Waals surface area (Å²) in [5.74, 6) is 0.897. The molecule has 1 saturated carbocycles. The minimum atomic E-state index is 0.663. The SMILES string of the molecule is COc1ccc(CN(Cn2nc(C)sc2=S)C2CC2)cc1. The highest BCUT2D eigenvalue weighted by atomic mass is 32.1. The van der Waals surface area contributed by atoms with Gasteiger partial charge in [0.15, 0.2) is 3.95 Å². The first-order valence-corrected chi connectivity index (χ1v) is 8.30. The van der Waals surface area contributed by atoms with E-state index in [9.17, 15) is 0 Å². The Morgan fingerprint density at radius 1 is 1.38 bits per heavy atom. The van der Waals surface area contributed by atoms with Gasteiger partial charge in [-0.25, -0.2) is 4.68 Å². The van der Waals surface area contributed by atoms with Crippen LogP contribution in [0.15, 0.2) is 24.3 Å². The van der Waals surface area contributed by atoms with Crippen molar-refractivity contribution < 1.29 is 4.74 Å². The second kappa shape index (κ2) is 6.25. The monoisotopic (exact) mass is 321 g/mol. The normalized spacial score (nSPS) is 14.6. The Bertz CT molecular complexity index is 658. The molecule has 21 heavy (non-hydrogen) atoms. The Hall–Kier alpha value is -1.24. The van der Waals surface area contributed by atoms with E-state index in [4.69, 9.17) is 17.0 Å². The first-order valence-electron chi connectivity index (χ1n) is 7.07. The van der Waals surface area contributed by atoms with Crippen molar-refractivity contribution in [2.24, 2.45) is 0 Å². The van der Waals surface area contributed by atoms with Gasteiger partial charge in [0, 0.05) is 12.6 Å². The lowest BCUT2D eigenvalue weighted by atomic mass is 10.2. The molecule has 1 aliphatic carbocycles. The molecule has 6 heteroatoms. The van der Waals surface area contributed by atoms with Gasteiger partial charge in [0.1, 0.15) is 10.8 Å². The van der Waals surface area contributed by atoms with Crippen LogP contribution < -0.4 is 4.74 Å². The molecule has 0 atom stereocenters. The summed E-state index contributed by atoms with van der Waals surface area (Å²) in [5, 5.41) is 5.53. The van der Waals surface area contributed by atoms with Crippen molar-refractivity contribution in [1.29, 1.82) is 0 Å². The molecule has 3 rings (SSSR count). The number of hydrogen-bond acceptors (Lipinski definition) is 5. The van der Waals surface area contributed by atoms with E-state index in [-0.39, 0.29) is 0 Å². The van der Waals surface area contributed by atoms with Crippen molar-refractivity contribution in [3.05, 3.63) is 38.8 Å². The summed E-state index contributed by atoms with van der Waals surface area (Å²) in [6.45, 7) is 3.70. The predicted molar refractivity (Wildman–Crippen MR) is 87.2 cm³/mol. The third-order valence-electron chi connectivity index (χ3n) is 3.63. The number of ether oxygens (including phenoxy) is 1. The van der Waals surface area contributed by atoms with Gasteiger partial charge in [-0.1, -0.05) is 23.5 Å². The van der Waals surface area contributed by atoms with E-state index in [1.165, 1.54) is 18.4 Å². The lowest BCUT2D eigenvalue weighted by Gasteiger charge is -2.22. The molecule has 0 saturated heterocycles. The van der Waals surface area contributed by atoms with Crippen LogP contribution in [0, 0.1) is 10.9 Å². The maximum Gasteiger partial charge on any atom is 0.180 e. The first-order chi connectivity index (χ1) is 10.2. The largest absolute Gasteiger partial charge is 0.497 e. The van der Waals surface area contributed by atoms with Crippen LogP contribution >= 0.6 is 23.6 Å². The summed E-state index contributed by atoms with van der Waals surface area (Å²) in [4.78, 5) is 2.46. The van der Waals surface area contributed by atoms with Crippen molar-refractivity contribution in [2.75, 3.05) is 7.11 Å². The van der Waals surface area contributed by atoms with Crippen LogP contribution in [0.25, 0.3) is 0 Å². The summed E-state index contributed by atoms with van der Waals surface area (Å²) < 4.78 is 8.00. The van der Waals surface area contributed by atoms with Gasteiger partial charge in [-0.15, -0.1) is 0 Å². The van der Waals surface area contributed by atoms with E-state index >= 15 is 0 Å². The predicted octanol–water partition coefficient (Wildman–Crippen LogP) is 3.61. The molecule has 0 amide bonds. The van der Waals surface area contributed by atoms with Gasteiger partial charge in [0.25, 0.3) is 0 Å². The van der Waals surface area contributed by atoms with E-state index in [0.717, 1.165) is 27.9 Å². The van der Waals surface area contributed by atoms with Crippen molar-refractivity contribution >= 4 is 23.6 Å². The van der Waals surface area contributed by atoms with Crippen LogP contribution in [0.5, 0.6) is 5.75 Å². The molecule has 1 aromatic carbocycles. The van der Waals surface area contributed by atoms with Crippen LogP contribution in [0.4, 0.5) is 0 Å². The lowest BCUT2D eigenvalue weighted by molar-refractivity contribution is 0.187. The van der Waals surface area contributed by atoms with E-state index < -0.39 is 0 Å². The molecule has 112 valence electrons. The molecule has 0 bridgehead atoms. The molecule has 0 unspecified atom stereocenters. The van der Waals surface area contributed by atoms with Gasteiger partial charge in [0.2, 0.25) is 0 Å². The minimum absolute atomic E-state index is 0.663. The van der Waals surface area contributed by atoms with Crippen LogP contribution in [0.1, 0.15) is 23.4 Å². The molecule has 1 aliphatic rings. The number of aromatic nitrogens is 2. The van der Waals surface area contributed by atoms with Crippen molar-refractivity contribution in [2.45, 2.75) is 39.0 Å². The van der Waals surface area contributed by atoms with Crippen LogP contribution in [0.2, 0.25) is 0 Å². The molecule has 0 aliphatic heterocycles. The second-order valence-electron chi connectivity index (χ2n) is 5.35. The third kappa shape index (κ3) is 3.70. The zero-order chi connectivity index (χ0) is 14.8. The number of rotatable bonds is 6. The quantitative estimate of drug-likeness (QED) is 0.760. The molecule has 1 fully saturated rings. The highest BCUT2D eigenvalue weighted by Gasteiger charge is 2.29. The number of hydrogen-bond donors (Lipinski definition) is 0. The first kappa shape index (κ1) is 14.7. The van der Waals surface area contributed by atoms with Gasteiger partial charge in [-0.3, -0.25) is 4.90 Å². The molecular formula is C15H19N3OS2. The maximum atomic E-state index is 5.37. The van der Waals surface area contributed by atoms with Crippen LogP contribution in [-0.2, 0) is 13.2 Å². The fraction of sp³-hybridized carbons (Fsp3) is 0.467. The van der Waals surface area contributed by atoms with Gasteiger partial charge >= 0.3 is 0 Å². The molecule has 0 spiro atoms. The minimum Gasteiger partial charge on any atom is -0.497 e. The molecular weight excluding hydrogens is 302 g/mol. The molecule has 1 aromatic heterocycles. The van der Waals surface area contributed by atoms with E-state index in [1.807, 2.05) is 23.7 Å². The molecule has 1 heterocycles. The van der Waals surface area contributed by atoms with Crippen LogP contribution in [0.3, 0.4) is 0 Å². The zero-order valence-electron chi connectivity index (χ0n) is 12.3. The van der Waals surface area contributed by atoms with Crippen molar-refractivity contribution in [1.82, 2.24) is 14.7 Å². The zero-order valence-corrected chi connectivity index (χ0v) is 13.9. The Morgan fingerprint density at radius 2 is 2.10 bits per heavy atom. The van der Waals surface area contributed by atoms with Crippen molar-refractivity contribution in [3.63, 3.8) is 0 Å². The summed E-state index contributed by atoms with van der Waals surface area (Å²) in [7, 11) is 1.69. The second-order valence-corrected chi connectivity index (χ2v) is 7.18. The lowest BCUT2D eigenvalue weighted by Crippen LogP contribution is -2.28. The smallest absolute Gasteiger partial charge is 0.180 e. The van der Waals surface area contributed by atoms with Crippen LogP contribution in [-0.4, -0.2) is 27.8 Å². The average Bonchev–Trinajstić information content (AvgIpc) is 3.26. The summed E-state index contributed by atoms with van der Waals surface area (Å²) >= 11 is 6.95. The molecule has 0 radical (unpaired) electrons. The third-order valence-corrected chi connectivity index (χ3v) is 4.85. The Morgan fingerprint density at radius 3 is 2.62 bits per heavy atom. The highest BCUT2D eigenvalue weighted by Crippen LogP contribution is 2.29. The van der Waals surface area contributed by atoms with E-state index in [2.05, 4.69) is 22.1 Å². The number of methoxy groups -OCH3 is 1. The Labute approximate surface area is 134 Å². The Kier molecular flexibility index (Phi) is 4.37. The van der Waals surface area contributed by atoms with Gasteiger partial charge < -0.3 is 4.74 Å². The summed E-state index contributed by atoms with van der Waals surface area (Å²) in [5.41, 5.74) is 1.29. The number of benzene rings is 1.